The summed E-state index contributed by atoms with van der Waals surface area (Å²) in [6.07, 6.45) is 8.13. The summed E-state index contributed by atoms with van der Waals surface area (Å²) in [5, 5.41) is 2.25. The first-order valence-electron chi connectivity index (χ1n) is 8.17. The Kier molecular flexibility index (Phi) is 3.45. The second kappa shape index (κ2) is 5.61. The molecule has 2 aromatic carbocycles. The molecule has 1 aliphatic carbocycles. The molecule has 0 bridgehead atoms. The highest BCUT2D eigenvalue weighted by molar-refractivity contribution is 6.11. The van der Waals surface area contributed by atoms with E-state index in [4.69, 9.17) is 0 Å². The van der Waals surface area contributed by atoms with Crippen LogP contribution in [0.25, 0.3) is 21.7 Å². The number of hydrogen-bond donors (Lipinski definition) is 0. The van der Waals surface area contributed by atoms with Crippen molar-refractivity contribution in [2.24, 2.45) is 0 Å². The van der Waals surface area contributed by atoms with E-state index < -0.39 is 0 Å². The molecule has 4 heteroatoms. The monoisotopic (exact) mass is 306 g/mol. The van der Waals surface area contributed by atoms with Crippen LogP contribution in [0.1, 0.15) is 48.5 Å². The number of carbonyl (C=O) groups excluding carboxylic acids is 1. The van der Waals surface area contributed by atoms with Gasteiger partial charge in [0.05, 0.1) is 17.2 Å². The third-order valence-electron chi connectivity index (χ3n) is 4.92. The summed E-state index contributed by atoms with van der Waals surface area (Å²) < 4.78 is 1.77. The summed E-state index contributed by atoms with van der Waals surface area (Å²) in [7, 11) is 0. The van der Waals surface area contributed by atoms with E-state index in [1.807, 2.05) is 24.3 Å². The van der Waals surface area contributed by atoms with Gasteiger partial charge in [0.15, 0.2) is 6.29 Å². The van der Waals surface area contributed by atoms with Gasteiger partial charge in [0, 0.05) is 17.0 Å². The van der Waals surface area contributed by atoms with Crippen LogP contribution < -0.4 is 5.56 Å². The number of aldehydes is 1. The van der Waals surface area contributed by atoms with Crippen molar-refractivity contribution in [3.63, 3.8) is 0 Å². The normalized spacial score (nSPS) is 16.0. The molecule has 0 atom stereocenters. The highest BCUT2D eigenvalue weighted by Gasteiger charge is 2.18. The van der Waals surface area contributed by atoms with Crippen LogP contribution in [-0.2, 0) is 0 Å². The molecule has 4 rings (SSSR count). The number of carbonyl (C=O) groups is 1. The van der Waals surface area contributed by atoms with Gasteiger partial charge in [-0.05, 0) is 24.3 Å². The van der Waals surface area contributed by atoms with Gasteiger partial charge in [0.25, 0.3) is 5.56 Å². The molecule has 0 N–H and O–H groups in total. The summed E-state index contributed by atoms with van der Waals surface area (Å²) >= 11 is 0. The Labute approximate surface area is 133 Å². The predicted octanol–water partition coefficient (Wildman–Crippen LogP) is 3.87. The molecule has 0 unspecified atom stereocenters. The van der Waals surface area contributed by atoms with Gasteiger partial charge < -0.3 is 0 Å². The smallest absolute Gasteiger partial charge is 0.261 e. The van der Waals surface area contributed by atoms with Gasteiger partial charge in [0.2, 0.25) is 0 Å². The quantitative estimate of drug-likeness (QED) is 0.533. The fourth-order valence-electron chi connectivity index (χ4n) is 3.72. The van der Waals surface area contributed by atoms with Crippen molar-refractivity contribution in [1.82, 2.24) is 9.55 Å². The number of benzene rings is 2. The molecule has 1 aromatic heterocycles. The van der Waals surface area contributed by atoms with Crippen molar-refractivity contribution in [2.75, 3.05) is 0 Å². The lowest BCUT2D eigenvalue weighted by molar-refractivity contribution is 0.112. The lowest BCUT2D eigenvalue weighted by atomic mass is 9.95. The molecule has 4 nitrogen and oxygen atoms in total. The van der Waals surface area contributed by atoms with Crippen molar-refractivity contribution < 1.29 is 4.79 Å². The molecular formula is C19H18N2O2. The van der Waals surface area contributed by atoms with E-state index in [1.165, 1.54) is 6.42 Å². The van der Waals surface area contributed by atoms with E-state index in [0.29, 0.717) is 16.5 Å². The second-order valence-corrected chi connectivity index (χ2v) is 6.27. The molecular weight excluding hydrogens is 288 g/mol. The number of aromatic nitrogens is 2. The summed E-state index contributed by atoms with van der Waals surface area (Å²) in [4.78, 5) is 28.9. The molecule has 1 heterocycles. The van der Waals surface area contributed by atoms with E-state index in [2.05, 4.69) is 4.98 Å². The van der Waals surface area contributed by atoms with Crippen molar-refractivity contribution in [3.8, 4) is 0 Å². The van der Waals surface area contributed by atoms with Crippen LogP contribution in [0.2, 0.25) is 0 Å². The van der Waals surface area contributed by atoms with Gasteiger partial charge in [-0.15, -0.1) is 0 Å². The average molecular weight is 306 g/mol. The van der Waals surface area contributed by atoms with Crippen molar-refractivity contribution in [1.29, 1.82) is 0 Å². The van der Waals surface area contributed by atoms with Crippen LogP contribution in [0.15, 0.2) is 41.5 Å². The minimum Gasteiger partial charge on any atom is -0.298 e. The van der Waals surface area contributed by atoms with E-state index in [1.54, 1.807) is 17.0 Å². The molecule has 1 saturated carbocycles. The molecule has 116 valence electrons. The number of rotatable bonds is 2. The fraction of sp³-hybridized carbons (Fsp3) is 0.316. The zero-order valence-corrected chi connectivity index (χ0v) is 12.9. The lowest BCUT2D eigenvalue weighted by Crippen LogP contribution is -2.26. The zero-order chi connectivity index (χ0) is 15.8. The minimum absolute atomic E-state index is 0.0317. The van der Waals surface area contributed by atoms with Crippen LogP contribution in [0.5, 0.6) is 0 Å². The van der Waals surface area contributed by atoms with Crippen LogP contribution in [0.4, 0.5) is 0 Å². The van der Waals surface area contributed by atoms with Crippen LogP contribution in [-0.4, -0.2) is 15.8 Å². The Morgan fingerprint density at radius 1 is 1.04 bits per heavy atom. The number of nitrogens with zero attached hydrogens (tertiary/aromatic N) is 2. The topological polar surface area (TPSA) is 52.0 Å². The van der Waals surface area contributed by atoms with E-state index in [9.17, 15) is 9.59 Å². The Hall–Kier alpha value is -2.49. The van der Waals surface area contributed by atoms with E-state index in [-0.39, 0.29) is 11.6 Å². The summed E-state index contributed by atoms with van der Waals surface area (Å²) in [5.41, 5.74) is 1.20. The Balaban J connectivity index is 2.01. The van der Waals surface area contributed by atoms with Crippen LogP contribution >= 0.6 is 0 Å². The van der Waals surface area contributed by atoms with E-state index in [0.717, 1.165) is 42.7 Å². The number of fused-ring (bicyclic) bond motifs is 3. The van der Waals surface area contributed by atoms with Gasteiger partial charge in [-0.25, -0.2) is 4.98 Å². The summed E-state index contributed by atoms with van der Waals surface area (Å²) in [5.74, 6) is 0. The molecule has 0 amide bonds. The molecule has 23 heavy (non-hydrogen) atoms. The summed E-state index contributed by atoms with van der Waals surface area (Å²) in [6, 6.07) is 9.54. The highest BCUT2D eigenvalue weighted by Crippen LogP contribution is 2.29. The minimum atomic E-state index is -0.0317. The standard InChI is InChI=1S/C19H18N2O2/c22-11-13-10-17-18(16-9-5-4-8-15(13)16)20-12-21(19(17)23)14-6-2-1-3-7-14/h4-5,8-12,14H,1-3,6-7H2. The zero-order valence-electron chi connectivity index (χ0n) is 12.9. The molecule has 3 aromatic rings. The maximum Gasteiger partial charge on any atom is 0.261 e. The van der Waals surface area contributed by atoms with Crippen molar-refractivity contribution in [3.05, 3.63) is 52.6 Å². The Morgan fingerprint density at radius 2 is 1.78 bits per heavy atom. The largest absolute Gasteiger partial charge is 0.298 e. The Bertz CT molecular complexity index is 953. The first-order valence-corrected chi connectivity index (χ1v) is 8.17. The van der Waals surface area contributed by atoms with Crippen LogP contribution in [0.3, 0.4) is 0 Å². The van der Waals surface area contributed by atoms with Crippen molar-refractivity contribution in [2.45, 2.75) is 38.1 Å². The first-order chi connectivity index (χ1) is 11.3. The maximum absolute atomic E-state index is 12.9. The van der Waals surface area contributed by atoms with Gasteiger partial charge in [-0.3, -0.25) is 14.2 Å². The van der Waals surface area contributed by atoms with Crippen molar-refractivity contribution >= 4 is 28.0 Å². The first kappa shape index (κ1) is 14.1. The molecule has 0 radical (unpaired) electrons. The number of hydrogen-bond acceptors (Lipinski definition) is 3. The third-order valence-corrected chi connectivity index (χ3v) is 4.92. The van der Waals surface area contributed by atoms with Crippen LogP contribution in [0, 0.1) is 0 Å². The predicted molar refractivity (Wildman–Crippen MR) is 91.0 cm³/mol. The molecule has 0 spiro atoms. The average Bonchev–Trinajstić information content (AvgIpc) is 2.62. The molecule has 0 aliphatic heterocycles. The molecule has 1 aliphatic rings. The highest BCUT2D eigenvalue weighted by atomic mass is 16.1. The molecule has 1 fully saturated rings. The van der Waals surface area contributed by atoms with Gasteiger partial charge >= 0.3 is 0 Å². The third kappa shape index (κ3) is 2.25. The van der Waals surface area contributed by atoms with E-state index >= 15 is 0 Å². The maximum atomic E-state index is 12.9. The summed E-state index contributed by atoms with van der Waals surface area (Å²) in [6.45, 7) is 0. The second-order valence-electron chi connectivity index (χ2n) is 6.27. The Morgan fingerprint density at radius 3 is 2.52 bits per heavy atom. The lowest BCUT2D eigenvalue weighted by Gasteiger charge is -2.23. The van der Waals surface area contributed by atoms with Gasteiger partial charge in [-0.1, -0.05) is 43.5 Å². The fourth-order valence-corrected chi connectivity index (χ4v) is 3.72. The molecule has 0 saturated heterocycles. The van der Waals surface area contributed by atoms with Gasteiger partial charge in [0.1, 0.15) is 0 Å². The SMILES string of the molecule is O=Cc1cc2c(=O)n(C3CCCCC3)cnc2c2ccccc12. The van der Waals surface area contributed by atoms with Gasteiger partial charge in [-0.2, -0.15) is 0 Å².